The molecule has 0 fully saturated rings. The van der Waals surface area contributed by atoms with Crippen molar-refractivity contribution in [3.8, 4) is 0 Å². The molecule has 0 aliphatic carbocycles. The lowest BCUT2D eigenvalue weighted by atomic mass is 10.1. The third-order valence-corrected chi connectivity index (χ3v) is 3.43. The second-order valence-corrected chi connectivity index (χ2v) is 6.56. The van der Waals surface area contributed by atoms with Gasteiger partial charge in [0, 0.05) is 30.0 Å². The highest BCUT2D eigenvalue weighted by Crippen LogP contribution is 2.20. The molecule has 0 bridgehead atoms. The molecule has 0 saturated heterocycles. The van der Waals surface area contributed by atoms with E-state index in [-0.39, 0.29) is 5.54 Å². The summed E-state index contributed by atoms with van der Waals surface area (Å²) < 4.78 is 3.25. The van der Waals surface area contributed by atoms with Crippen LogP contribution in [0.15, 0.2) is 22.7 Å². The molecule has 0 unspecified atom stereocenters. The molecule has 0 radical (unpaired) electrons. The van der Waals surface area contributed by atoms with Crippen molar-refractivity contribution in [2.24, 2.45) is 7.05 Å². The van der Waals surface area contributed by atoms with Crippen molar-refractivity contribution in [1.29, 1.82) is 0 Å². The summed E-state index contributed by atoms with van der Waals surface area (Å²) in [7, 11) is 2.08. The van der Waals surface area contributed by atoms with Gasteiger partial charge in [-0.2, -0.15) is 0 Å². The SMILES string of the molecule is Cn1c(CCNC(C)(C)C)nc2cc(Br)ccc21. The first-order chi connectivity index (χ1) is 8.37. The van der Waals surface area contributed by atoms with Crippen molar-refractivity contribution in [3.05, 3.63) is 28.5 Å². The average molecular weight is 310 g/mol. The van der Waals surface area contributed by atoms with Crippen LogP contribution in [0.1, 0.15) is 26.6 Å². The van der Waals surface area contributed by atoms with Gasteiger partial charge in [0.05, 0.1) is 11.0 Å². The first kappa shape index (κ1) is 13.6. The lowest BCUT2D eigenvalue weighted by molar-refractivity contribution is 0.426. The zero-order valence-electron chi connectivity index (χ0n) is 11.4. The Kier molecular flexibility index (Phi) is 3.78. The van der Waals surface area contributed by atoms with E-state index < -0.39 is 0 Å². The van der Waals surface area contributed by atoms with Gasteiger partial charge in [-0.25, -0.2) is 4.98 Å². The van der Waals surface area contributed by atoms with Crippen LogP contribution in [0.25, 0.3) is 11.0 Å². The summed E-state index contributed by atoms with van der Waals surface area (Å²) in [5.41, 5.74) is 2.40. The van der Waals surface area contributed by atoms with E-state index in [0.29, 0.717) is 0 Å². The summed E-state index contributed by atoms with van der Waals surface area (Å²) in [5, 5.41) is 3.49. The first-order valence-corrected chi connectivity index (χ1v) is 7.02. The van der Waals surface area contributed by atoms with Crippen molar-refractivity contribution in [2.75, 3.05) is 6.54 Å². The summed E-state index contributed by atoms with van der Waals surface area (Å²) in [6.45, 7) is 7.49. The summed E-state index contributed by atoms with van der Waals surface area (Å²) in [6.07, 6.45) is 0.945. The van der Waals surface area contributed by atoms with Crippen LogP contribution in [-0.2, 0) is 13.5 Å². The zero-order valence-corrected chi connectivity index (χ0v) is 13.0. The number of benzene rings is 1. The van der Waals surface area contributed by atoms with Gasteiger partial charge in [-0.15, -0.1) is 0 Å². The maximum atomic E-state index is 4.69. The summed E-state index contributed by atoms with van der Waals surface area (Å²) in [6, 6.07) is 6.23. The molecule has 3 nitrogen and oxygen atoms in total. The Bertz CT molecular complexity index is 552. The smallest absolute Gasteiger partial charge is 0.110 e. The van der Waals surface area contributed by atoms with Crippen LogP contribution in [0, 0.1) is 0 Å². The molecule has 1 aromatic carbocycles. The third kappa shape index (κ3) is 3.12. The van der Waals surface area contributed by atoms with Crippen molar-refractivity contribution < 1.29 is 0 Å². The summed E-state index contributed by atoms with van der Waals surface area (Å²) >= 11 is 3.48. The summed E-state index contributed by atoms with van der Waals surface area (Å²) in [4.78, 5) is 4.69. The molecule has 1 aromatic heterocycles. The number of hydrogen-bond acceptors (Lipinski definition) is 2. The minimum atomic E-state index is 0.160. The van der Waals surface area contributed by atoms with E-state index in [1.165, 1.54) is 5.52 Å². The van der Waals surface area contributed by atoms with Gasteiger partial charge in [-0.1, -0.05) is 15.9 Å². The van der Waals surface area contributed by atoms with Crippen molar-refractivity contribution in [1.82, 2.24) is 14.9 Å². The zero-order chi connectivity index (χ0) is 13.3. The van der Waals surface area contributed by atoms with Crippen molar-refractivity contribution in [2.45, 2.75) is 32.7 Å². The van der Waals surface area contributed by atoms with Crippen LogP contribution in [0.3, 0.4) is 0 Å². The normalized spacial score (nSPS) is 12.3. The fourth-order valence-corrected chi connectivity index (χ4v) is 2.34. The minimum Gasteiger partial charge on any atom is -0.331 e. The minimum absolute atomic E-state index is 0.160. The molecule has 0 spiro atoms. The Morgan fingerprint density at radius 3 is 2.72 bits per heavy atom. The fraction of sp³-hybridized carbons (Fsp3) is 0.500. The van der Waals surface area contributed by atoms with Gasteiger partial charge in [0.1, 0.15) is 5.82 Å². The quantitative estimate of drug-likeness (QED) is 0.943. The van der Waals surface area contributed by atoms with Crippen LogP contribution in [-0.4, -0.2) is 21.6 Å². The van der Waals surface area contributed by atoms with Gasteiger partial charge in [0.2, 0.25) is 0 Å². The number of fused-ring (bicyclic) bond motifs is 1. The Morgan fingerprint density at radius 1 is 1.33 bits per heavy atom. The molecular weight excluding hydrogens is 290 g/mol. The molecule has 98 valence electrons. The third-order valence-electron chi connectivity index (χ3n) is 2.94. The molecular formula is C14H20BrN3. The lowest BCUT2D eigenvalue weighted by Crippen LogP contribution is -2.37. The molecule has 0 aliphatic heterocycles. The van der Waals surface area contributed by atoms with Crippen LogP contribution >= 0.6 is 15.9 Å². The van der Waals surface area contributed by atoms with Crippen molar-refractivity contribution in [3.63, 3.8) is 0 Å². The second kappa shape index (κ2) is 5.02. The summed E-state index contributed by atoms with van der Waals surface area (Å²) in [5.74, 6) is 1.12. The maximum absolute atomic E-state index is 4.69. The average Bonchev–Trinajstić information content (AvgIpc) is 2.53. The number of rotatable bonds is 3. The topological polar surface area (TPSA) is 29.9 Å². The van der Waals surface area contributed by atoms with Crippen LogP contribution < -0.4 is 5.32 Å². The molecule has 2 rings (SSSR count). The lowest BCUT2D eigenvalue weighted by Gasteiger charge is -2.20. The molecule has 18 heavy (non-hydrogen) atoms. The molecule has 2 aromatic rings. The van der Waals surface area contributed by atoms with E-state index in [9.17, 15) is 0 Å². The molecule has 1 heterocycles. The number of nitrogens with one attached hydrogen (secondary N) is 1. The number of halogens is 1. The number of hydrogen-bond donors (Lipinski definition) is 1. The van der Waals surface area contributed by atoms with E-state index >= 15 is 0 Å². The number of aryl methyl sites for hydroxylation is 1. The largest absolute Gasteiger partial charge is 0.331 e. The number of nitrogens with zero attached hydrogens (tertiary/aromatic N) is 2. The number of aromatic nitrogens is 2. The number of imidazole rings is 1. The van der Waals surface area contributed by atoms with Gasteiger partial charge >= 0.3 is 0 Å². The predicted molar refractivity (Wildman–Crippen MR) is 79.9 cm³/mol. The van der Waals surface area contributed by atoms with Crippen molar-refractivity contribution >= 4 is 27.0 Å². The van der Waals surface area contributed by atoms with Gasteiger partial charge in [0.15, 0.2) is 0 Å². The Balaban J connectivity index is 2.16. The standard InChI is InChI=1S/C14H20BrN3/c1-14(2,3)16-8-7-13-17-11-9-10(15)5-6-12(11)18(13)4/h5-6,9,16H,7-8H2,1-4H3. The first-order valence-electron chi connectivity index (χ1n) is 6.23. The molecule has 0 saturated carbocycles. The van der Waals surface area contributed by atoms with E-state index in [1.807, 2.05) is 0 Å². The highest BCUT2D eigenvalue weighted by Gasteiger charge is 2.11. The monoisotopic (exact) mass is 309 g/mol. The second-order valence-electron chi connectivity index (χ2n) is 5.65. The van der Waals surface area contributed by atoms with Crippen LogP contribution in [0.5, 0.6) is 0 Å². The Morgan fingerprint density at radius 2 is 2.06 bits per heavy atom. The highest BCUT2D eigenvalue weighted by molar-refractivity contribution is 9.10. The molecule has 0 amide bonds. The predicted octanol–water partition coefficient (Wildman–Crippen LogP) is 3.27. The molecule has 0 atom stereocenters. The fourth-order valence-electron chi connectivity index (χ4n) is 2.00. The van der Waals surface area contributed by atoms with Gasteiger partial charge in [-0.05, 0) is 39.0 Å². The van der Waals surface area contributed by atoms with E-state index in [1.54, 1.807) is 0 Å². The van der Waals surface area contributed by atoms with E-state index in [4.69, 9.17) is 0 Å². The molecule has 0 aliphatic rings. The van der Waals surface area contributed by atoms with E-state index in [2.05, 4.69) is 76.8 Å². The van der Waals surface area contributed by atoms with Crippen LogP contribution in [0.4, 0.5) is 0 Å². The maximum Gasteiger partial charge on any atom is 0.110 e. The molecule has 4 heteroatoms. The van der Waals surface area contributed by atoms with Crippen LogP contribution in [0.2, 0.25) is 0 Å². The van der Waals surface area contributed by atoms with Gasteiger partial charge < -0.3 is 9.88 Å². The van der Waals surface area contributed by atoms with E-state index in [0.717, 1.165) is 28.8 Å². The van der Waals surface area contributed by atoms with Gasteiger partial charge in [0.25, 0.3) is 0 Å². The van der Waals surface area contributed by atoms with Gasteiger partial charge in [-0.3, -0.25) is 0 Å². The molecule has 1 N–H and O–H groups in total. The Hall–Kier alpha value is -0.870. The Labute approximate surface area is 117 Å². The highest BCUT2D eigenvalue weighted by atomic mass is 79.9.